The van der Waals surface area contributed by atoms with Gasteiger partial charge in [-0.05, 0) is 163 Å². The third kappa shape index (κ3) is 16.9. The number of ether oxygens (including phenoxy) is 9. The average Bonchev–Trinajstić information content (AvgIpc) is 1.79. The zero-order chi connectivity index (χ0) is 61.4. The lowest BCUT2D eigenvalue weighted by Gasteiger charge is -2.30. The Morgan fingerprint density at radius 2 is 1.06 bits per heavy atom. The van der Waals surface area contributed by atoms with Crippen LogP contribution in [0, 0.1) is 17.4 Å². The molecule has 7 aliphatic rings. The van der Waals surface area contributed by atoms with Crippen molar-refractivity contribution in [3.8, 4) is 20.9 Å². The fraction of sp³-hybridized carbons (Fsp3) is 0.515. The molecule has 7 saturated heterocycles. The van der Waals surface area contributed by atoms with Crippen LogP contribution in [-0.4, -0.2) is 176 Å². The summed E-state index contributed by atoms with van der Waals surface area (Å²) in [5.74, 6) is -1.83. The third-order valence-corrected chi connectivity index (χ3v) is 19.4. The summed E-state index contributed by atoms with van der Waals surface area (Å²) < 4.78 is 51.5. The van der Waals surface area contributed by atoms with Crippen molar-refractivity contribution < 1.29 is 62.7 Å². The molecule has 16 nitrogen and oxygen atoms in total. The Morgan fingerprint density at radius 3 is 1.56 bits per heavy atom. The first kappa shape index (κ1) is 65.9. The van der Waals surface area contributed by atoms with Gasteiger partial charge in [0.05, 0.1) is 39.6 Å². The molecule has 2 aromatic heterocycles. The van der Waals surface area contributed by atoms with Crippen molar-refractivity contribution in [2.45, 2.75) is 148 Å². The Balaban J connectivity index is 0.000000152. The van der Waals surface area contributed by atoms with Crippen LogP contribution in [0.4, 0.5) is 0 Å². The van der Waals surface area contributed by atoms with E-state index >= 15 is 0 Å². The van der Waals surface area contributed by atoms with Crippen LogP contribution in [0.5, 0.6) is 0 Å². The van der Waals surface area contributed by atoms with Gasteiger partial charge in [0.1, 0.15) is 36.6 Å². The number of benzene rings is 4. The molecule has 4 aromatic carbocycles. The van der Waals surface area contributed by atoms with E-state index in [1.807, 2.05) is 43.4 Å². The molecule has 19 heteroatoms. The smallest absolute Gasteiger partial charge is 0.254 e. The molecule has 0 spiro atoms. The first-order valence-corrected chi connectivity index (χ1v) is 33.4. The van der Waals surface area contributed by atoms with E-state index in [-0.39, 0.29) is 5.91 Å². The summed E-state index contributed by atoms with van der Waals surface area (Å²) in [7, 11) is 0. The maximum atomic E-state index is 12.3. The fourth-order valence-corrected chi connectivity index (χ4v) is 14.4. The van der Waals surface area contributed by atoms with Gasteiger partial charge in [0, 0.05) is 88.3 Å². The molecule has 9 atom stereocenters. The van der Waals surface area contributed by atoms with Crippen LogP contribution >= 0.6 is 45.3 Å². The lowest BCUT2D eigenvalue weighted by atomic mass is 9.94. The molecule has 0 bridgehead atoms. The molecule has 6 aromatic rings. The van der Waals surface area contributed by atoms with Gasteiger partial charge in [0.25, 0.3) is 5.91 Å². The van der Waals surface area contributed by atoms with Gasteiger partial charge in [-0.3, -0.25) is 14.6 Å². The van der Waals surface area contributed by atoms with E-state index in [0.29, 0.717) is 31.9 Å². The molecule has 9 heterocycles. The number of hydrogen-bond acceptors (Lipinski definition) is 17. The number of aliphatic hydroxyl groups excluding tert-OH is 3. The van der Waals surface area contributed by atoms with Crippen molar-refractivity contribution in [3.05, 3.63) is 161 Å². The second-order valence-corrected chi connectivity index (χ2v) is 27.4. The topological polar surface area (TPSA) is 171 Å². The van der Waals surface area contributed by atoms with Crippen LogP contribution in [-0.2, 0) is 73.4 Å². The van der Waals surface area contributed by atoms with E-state index in [2.05, 4.69) is 137 Å². The summed E-state index contributed by atoms with van der Waals surface area (Å²) in [6.07, 6.45) is -5.49. The highest BCUT2D eigenvalue weighted by molar-refractivity contribution is 14.1. The van der Waals surface area contributed by atoms with E-state index < -0.39 is 66.9 Å². The number of carbonyl (C=O) groups excluding carboxylic acids is 1. The van der Waals surface area contributed by atoms with Crippen molar-refractivity contribution >= 4 is 51.2 Å². The number of thiophene rings is 2. The van der Waals surface area contributed by atoms with Gasteiger partial charge < -0.3 is 62.9 Å². The predicted octanol–water partition coefficient (Wildman–Crippen LogP) is 10.3. The number of fused-ring (bicyclic) bond motifs is 2. The first-order chi connectivity index (χ1) is 41.9. The highest BCUT2D eigenvalue weighted by Gasteiger charge is 2.58. The minimum absolute atomic E-state index is 0.227. The standard InChI is InChI=1S/C31H37NO6S.C23H24INOS.C12H19NO6.C2H6/c1-19-7-8-22(26(33)28-27(34)29-30(36-28)38-31(2,3)37-29)16-23(19)17-24-9-10-25(39-24)21-6-4-5-20(15-21)18-32-11-13-35-14-12-32;1-17-5-6-21(24)14-20(17)15-22-7-8-23(27-22)19-4-2-3-18(13-19)16-25-9-11-26-12-10-25;1-12(2)18-9-7(14)8(17-11(9)19-12)10(15)13-3-5-16-6-4-13;1-2/h4-10,15-16,26-30,33-34H,11-14,17-18H2,1-3H3;2-8,13-14H,9-12,15-16H2,1H3;7-9,11,14H,3-6H2,1-2H3;1-2H3/t26?,27-,28+,29+,30+;;7-,8-,9+,11+;/m1.1./s1. The maximum Gasteiger partial charge on any atom is 0.254 e. The molecule has 0 saturated carbocycles. The van der Waals surface area contributed by atoms with Crippen molar-refractivity contribution in [2.75, 3.05) is 78.9 Å². The molecule has 13 rings (SSSR count). The Hall–Kier alpha value is -4.08. The predicted molar refractivity (Wildman–Crippen MR) is 346 cm³/mol. The summed E-state index contributed by atoms with van der Waals surface area (Å²) in [6, 6.07) is 39.4. The zero-order valence-corrected chi connectivity index (χ0v) is 55.2. The minimum atomic E-state index is -0.998. The Bertz CT molecular complexity index is 3210. The number of rotatable bonds is 13. The van der Waals surface area contributed by atoms with Crippen molar-refractivity contribution in [3.63, 3.8) is 0 Å². The summed E-state index contributed by atoms with van der Waals surface area (Å²) >= 11 is 6.11. The number of hydrogen-bond donors (Lipinski definition) is 3. The minimum Gasteiger partial charge on any atom is -0.387 e. The van der Waals surface area contributed by atoms with E-state index in [4.69, 9.17) is 42.6 Å². The van der Waals surface area contributed by atoms with E-state index in [9.17, 15) is 20.1 Å². The second-order valence-electron chi connectivity index (χ2n) is 23.8. The Morgan fingerprint density at radius 1 is 0.586 bits per heavy atom. The molecule has 1 amide bonds. The molecule has 3 N–H and O–H groups in total. The molecule has 1 unspecified atom stereocenters. The normalized spacial score (nSPS) is 26.1. The summed E-state index contributed by atoms with van der Waals surface area (Å²) in [5.41, 5.74) is 11.1. The number of aliphatic hydroxyl groups is 3. The molecule has 7 aliphatic heterocycles. The highest BCUT2D eigenvalue weighted by Crippen LogP contribution is 2.42. The number of nitrogens with zero attached hydrogens (tertiary/aromatic N) is 3. The number of morpholine rings is 3. The Labute approximate surface area is 534 Å². The summed E-state index contributed by atoms with van der Waals surface area (Å²) in [5, 5.41) is 32.1. The van der Waals surface area contributed by atoms with Gasteiger partial charge in [-0.15, -0.1) is 22.7 Å². The van der Waals surface area contributed by atoms with Crippen LogP contribution in [0.25, 0.3) is 20.9 Å². The average molecular weight is 1340 g/mol. The van der Waals surface area contributed by atoms with Crippen molar-refractivity contribution in [1.29, 1.82) is 0 Å². The molecule has 0 aliphatic carbocycles. The highest BCUT2D eigenvalue weighted by atomic mass is 127. The molecule has 470 valence electrons. The number of carbonyl (C=O) groups is 1. The molecular weight excluding hydrogens is 1260 g/mol. The SMILES string of the molecule is CC.CC1(C)O[C@@H]2O[C@@H](C(=O)N3CCOCC3)[C@@H](O)[C@@H]2O1.Cc1ccc(C(O)[C@@H]2O[C@H]3OC(C)(C)O[C@H]3[C@@H]2O)cc1Cc1ccc(-c2cccc(CN3CCOCC3)c2)s1.Cc1ccc(I)cc1Cc1ccc(-c2cccc(CN3CCOCC3)c2)s1. The van der Waals surface area contributed by atoms with Crippen LogP contribution < -0.4 is 0 Å². The van der Waals surface area contributed by atoms with Crippen LogP contribution in [0.2, 0.25) is 0 Å². The van der Waals surface area contributed by atoms with Crippen molar-refractivity contribution in [1.82, 2.24) is 14.7 Å². The molecule has 0 radical (unpaired) electrons. The first-order valence-electron chi connectivity index (χ1n) is 30.6. The van der Waals surface area contributed by atoms with Crippen LogP contribution in [0.1, 0.15) is 96.3 Å². The lowest BCUT2D eigenvalue weighted by molar-refractivity contribution is -0.226. The largest absolute Gasteiger partial charge is 0.387 e. The van der Waals surface area contributed by atoms with Gasteiger partial charge in [-0.1, -0.05) is 74.5 Å². The van der Waals surface area contributed by atoms with E-state index in [0.717, 1.165) is 89.7 Å². The van der Waals surface area contributed by atoms with Gasteiger partial charge in [0.2, 0.25) is 0 Å². The van der Waals surface area contributed by atoms with Gasteiger partial charge >= 0.3 is 0 Å². The molecular formula is C68H86IN3O13S2. The van der Waals surface area contributed by atoms with Crippen molar-refractivity contribution in [2.24, 2.45) is 0 Å². The van der Waals surface area contributed by atoms with Gasteiger partial charge in [-0.2, -0.15) is 0 Å². The van der Waals surface area contributed by atoms with Gasteiger partial charge in [0.15, 0.2) is 30.3 Å². The maximum absolute atomic E-state index is 12.3. The number of halogens is 1. The van der Waals surface area contributed by atoms with E-state index in [1.54, 1.807) is 43.9 Å². The van der Waals surface area contributed by atoms with Crippen LogP contribution in [0.3, 0.4) is 0 Å². The molecule has 7 fully saturated rings. The fourth-order valence-electron chi connectivity index (χ4n) is 11.8. The lowest BCUT2D eigenvalue weighted by Crippen LogP contribution is -2.50. The summed E-state index contributed by atoms with van der Waals surface area (Å²) in [6.45, 7) is 26.7. The molecule has 87 heavy (non-hydrogen) atoms. The Kier molecular flexibility index (Phi) is 22.6. The van der Waals surface area contributed by atoms with E-state index in [1.165, 1.54) is 56.5 Å². The van der Waals surface area contributed by atoms with Crippen LogP contribution in [0.15, 0.2) is 109 Å². The monoisotopic (exact) mass is 1340 g/mol. The summed E-state index contributed by atoms with van der Waals surface area (Å²) in [4.78, 5) is 24.1. The second kappa shape index (κ2) is 29.9. The quantitative estimate of drug-likeness (QED) is 0.0933. The number of aryl methyl sites for hydroxylation is 2. The van der Waals surface area contributed by atoms with Gasteiger partial charge in [-0.25, -0.2) is 0 Å². The number of amides is 1. The third-order valence-electron chi connectivity index (χ3n) is 16.5. The zero-order valence-electron chi connectivity index (χ0n) is 51.4.